The van der Waals surface area contributed by atoms with Crippen molar-refractivity contribution >= 4 is 23.6 Å². The number of amides is 2. The number of Topliss-reactive ketones (excluding diaryl/α,β-unsaturated/α-hetero) is 1. The molecule has 0 N–H and O–H groups in total. The highest BCUT2D eigenvalue weighted by atomic mass is 16.6. The van der Waals surface area contributed by atoms with Gasteiger partial charge in [0.15, 0.2) is 23.9 Å². The molecule has 0 bridgehead atoms. The summed E-state index contributed by atoms with van der Waals surface area (Å²) in [5, 5.41) is 0. The minimum atomic E-state index is -1.08. The van der Waals surface area contributed by atoms with Crippen molar-refractivity contribution in [1.29, 1.82) is 0 Å². The number of esters is 1. The number of allylic oxidation sites excluding steroid dienone is 2. The van der Waals surface area contributed by atoms with Crippen molar-refractivity contribution < 1.29 is 33.4 Å². The topological polar surface area (TPSA) is 99.2 Å². The van der Waals surface area contributed by atoms with E-state index in [0.29, 0.717) is 43.1 Å². The van der Waals surface area contributed by atoms with E-state index in [1.54, 1.807) is 18.2 Å². The van der Waals surface area contributed by atoms with E-state index in [4.69, 9.17) is 14.2 Å². The van der Waals surface area contributed by atoms with Gasteiger partial charge in [-0.2, -0.15) is 0 Å². The van der Waals surface area contributed by atoms with E-state index in [9.17, 15) is 19.2 Å². The molecule has 0 aromatic heterocycles. The number of hydrogen-bond acceptors (Lipinski definition) is 7. The average Bonchev–Trinajstić information content (AvgIpc) is 3.01. The third-order valence-electron chi connectivity index (χ3n) is 5.48. The second-order valence-corrected chi connectivity index (χ2v) is 7.27. The number of carbonyl (C=O) groups is 4. The van der Waals surface area contributed by atoms with Crippen LogP contribution < -0.4 is 9.47 Å². The molecule has 3 atom stereocenters. The third-order valence-corrected chi connectivity index (χ3v) is 5.48. The van der Waals surface area contributed by atoms with Gasteiger partial charge in [0.1, 0.15) is 19.3 Å². The Bertz CT molecular complexity index is 880. The molecule has 1 aromatic carbocycles. The summed E-state index contributed by atoms with van der Waals surface area (Å²) in [7, 11) is 0. The summed E-state index contributed by atoms with van der Waals surface area (Å²) in [6.07, 6.45) is 4.75. The van der Waals surface area contributed by atoms with Crippen LogP contribution in [0.5, 0.6) is 11.5 Å². The lowest BCUT2D eigenvalue weighted by molar-refractivity contribution is -0.157. The van der Waals surface area contributed by atoms with Crippen LogP contribution in [0.2, 0.25) is 0 Å². The molecule has 0 unspecified atom stereocenters. The van der Waals surface area contributed by atoms with Gasteiger partial charge in [-0.25, -0.2) is 4.79 Å². The van der Waals surface area contributed by atoms with Crippen LogP contribution in [0.15, 0.2) is 30.4 Å². The Morgan fingerprint density at radius 3 is 2.34 bits per heavy atom. The van der Waals surface area contributed by atoms with Gasteiger partial charge in [0.2, 0.25) is 11.8 Å². The number of nitrogens with zero attached hydrogens (tertiary/aromatic N) is 1. The van der Waals surface area contributed by atoms with Gasteiger partial charge in [0, 0.05) is 5.56 Å². The largest absolute Gasteiger partial charge is 0.486 e. The molecule has 0 spiro atoms. The van der Waals surface area contributed by atoms with Gasteiger partial charge in [-0.15, -0.1) is 0 Å². The second kappa shape index (κ2) is 7.69. The fourth-order valence-corrected chi connectivity index (χ4v) is 3.87. The van der Waals surface area contributed by atoms with Crippen molar-refractivity contribution in [2.75, 3.05) is 19.8 Å². The fourth-order valence-electron chi connectivity index (χ4n) is 3.87. The molecule has 1 fully saturated rings. The van der Waals surface area contributed by atoms with Crippen molar-refractivity contribution in [3.63, 3.8) is 0 Å². The summed E-state index contributed by atoms with van der Waals surface area (Å²) in [4.78, 5) is 50.9. The van der Waals surface area contributed by atoms with Gasteiger partial charge in [0.25, 0.3) is 0 Å². The molecule has 1 saturated heterocycles. The van der Waals surface area contributed by atoms with Crippen LogP contribution >= 0.6 is 0 Å². The number of likely N-dealkylation sites (tertiary alicyclic amines) is 1. The highest BCUT2D eigenvalue weighted by molar-refractivity contribution is 6.08. The number of imide groups is 1. The monoisotopic (exact) mass is 399 g/mol. The smallest absolute Gasteiger partial charge is 0.329 e. The van der Waals surface area contributed by atoms with Crippen molar-refractivity contribution in [3.8, 4) is 11.5 Å². The van der Waals surface area contributed by atoms with E-state index in [2.05, 4.69) is 0 Å². The Morgan fingerprint density at radius 1 is 1.07 bits per heavy atom. The minimum Gasteiger partial charge on any atom is -0.486 e. The average molecular weight is 399 g/mol. The highest BCUT2D eigenvalue weighted by Gasteiger charge is 2.50. The Labute approximate surface area is 167 Å². The van der Waals surface area contributed by atoms with Crippen molar-refractivity contribution in [1.82, 2.24) is 4.90 Å². The molecule has 4 rings (SSSR count). The highest BCUT2D eigenvalue weighted by Crippen LogP contribution is 2.36. The molecule has 0 radical (unpaired) electrons. The van der Waals surface area contributed by atoms with Crippen molar-refractivity contribution in [3.05, 3.63) is 35.9 Å². The van der Waals surface area contributed by atoms with Crippen LogP contribution in [0.1, 0.15) is 30.1 Å². The van der Waals surface area contributed by atoms with E-state index < -0.39 is 36.2 Å². The molecule has 0 saturated carbocycles. The maximum Gasteiger partial charge on any atom is 0.329 e. The zero-order chi connectivity index (χ0) is 20.5. The predicted molar refractivity (Wildman–Crippen MR) is 99.4 cm³/mol. The maximum absolute atomic E-state index is 12.6. The van der Waals surface area contributed by atoms with Gasteiger partial charge in [-0.1, -0.05) is 12.2 Å². The van der Waals surface area contributed by atoms with Crippen LogP contribution in [-0.4, -0.2) is 54.3 Å². The molecule has 3 aliphatic rings. The van der Waals surface area contributed by atoms with Crippen molar-refractivity contribution in [2.45, 2.75) is 25.8 Å². The molecule has 2 amide bonds. The molecular weight excluding hydrogens is 378 g/mol. The summed E-state index contributed by atoms with van der Waals surface area (Å²) in [6, 6.07) is 3.66. The lowest BCUT2D eigenvalue weighted by Crippen LogP contribution is -2.44. The quantitative estimate of drug-likeness (QED) is 0.320. The number of fused-ring (bicyclic) bond motifs is 2. The Morgan fingerprint density at radius 2 is 1.69 bits per heavy atom. The summed E-state index contributed by atoms with van der Waals surface area (Å²) >= 11 is 0. The Balaban J connectivity index is 1.37. The zero-order valence-corrected chi connectivity index (χ0v) is 16.0. The molecular formula is C21H21NO7. The Kier molecular flexibility index (Phi) is 5.08. The first-order chi connectivity index (χ1) is 14.0. The molecule has 8 heteroatoms. The van der Waals surface area contributed by atoms with Gasteiger partial charge in [-0.3, -0.25) is 19.3 Å². The maximum atomic E-state index is 12.6. The van der Waals surface area contributed by atoms with Crippen LogP contribution in [0, 0.1) is 11.8 Å². The number of ether oxygens (including phenoxy) is 3. The predicted octanol–water partition coefficient (Wildman–Crippen LogP) is 1.52. The van der Waals surface area contributed by atoms with Crippen LogP contribution in [0.25, 0.3) is 0 Å². The normalized spacial score (nSPS) is 23.6. The van der Waals surface area contributed by atoms with E-state index in [0.717, 1.165) is 4.90 Å². The molecule has 8 nitrogen and oxygen atoms in total. The molecule has 2 heterocycles. The van der Waals surface area contributed by atoms with Crippen LogP contribution in [-0.2, 0) is 19.1 Å². The SMILES string of the molecule is C[C@@H](C(=O)OCC(=O)c1ccc2c(c1)OCCO2)N1C(=O)[C@H]2CC=CC[C@H]2C1=O. The zero-order valence-electron chi connectivity index (χ0n) is 16.0. The van der Waals surface area contributed by atoms with E-state index in [1.807, 2.05) is 12.2 Å². The lowest BCUT2D eigenvalue weighted by atomic mass is 9.85. The first-order valence-electron chi connectivity index (χ1n) is 9.58. The number of carbonyl (C=O) groups excluding carboxylic acids is 4. The minimum absolute atomic E-state index is 0.320. The van der Waals surface area contributed by atoms with Gasteiger partial charge < -0.3 is 14.2 Å². The first kappa shape index (κ1) is 19.2. The number of rotatable bonds is 5. The molecule has 1 aromatic rings. The number of hydrogen-bond donors (Lipinski definition) is 0. The Hall–Kier alpha value is -3.16. The third kappa shape index (κ3) is 3.50. The molecule has 1 aliphatic carbocycles. The van der Waals surface area contributed by atoms with Gasteiger partial charge in [-0.05, 0) is 38.0 Å². The van der Waals surface area contributed by atoms with Crippen molar-refractivity contribution in [2.24, 2.45) is 11.8 Å². The lowest BCUT2D eigenvalue weighted by Gasteiger charge is -2.21. The van der Waals surface area contributed by atoms with E-state index in [1.165, 1.54) is 6.92 Å². The summed E-state index contributed by atoms with van der Waals surface area (Å²) in [5.74, 6) is -1.72. The van der Waals surface area contributed by atoms with E-state index >= 15 is 0 Å². The van der Waals surface area contributed by atoms with E-state index in [-0.39, 0.29) is 11.8 Å². The summed E-state index contributed by atoms with van der Waals surface area (Å²) in [5.41, 5.74) is 0.320. The molecule has 2 aliphatic heterocycles. The van der Waals surface area contributed by atoms with Crippen LogP contribution in [0.4, 0.5) is 0 Å². The standard InChI is InChI=1S/C21H21NO7/c1-12(22-19(24)14-4-2-3-5-15(14)20(22)25)21(26)29-11-16(23)13-6-7-17-18(10-13)28-9-8-27-17/h2-3,6-7,10,12,14-15H,4-5,8-9,11H2,1H3/t12-,14-,15+/m0/s1. The first-order valence-corrected chi connectivity index (χ1v) is 9.58. The van der Waals surface area contributed by atoms with Gasteiger partial charge in [0.05, 0.1) is 11.8 Å². The van der Waals surface area contributed by atoms with Gasteiger partial charge >= 0.3 is 5.97 Å². The number of ketones is 1. The summed E-state index contributed by atoms with van der Waals surface area (Å²) < 4.78 is 16.0. The second-order valence-electron chi connectivity index (χ2n) is 7.27. The molecule has 152 valence electrons. The van der Waals surface area contributed by atoms with Crippen LogP contribution in [0.3, 0.4) is 0 Å². The molecule has 29 heavy (non-hydrogen) atoms. The number of benzene rings is 1. The fraction of sp³-hybridized carbons (Fsp3) is 0.429. The summed E-state index contributed by atoms with van der Waals surface area (Å²) in [6.45, 7) is 1.79.